The normalized spacial score (nSPS) is 23.5. The van der Waals surface area contributed by atoms with Crippen LogP contribution in [0.2, 0.25) is 0 Å². The van der Waals surface area contributed by atoms with E-state index in [1.165, 1.54) is 5.56 Å². The largest absolute Gasteiger partial charge is 0.379 e. The monoisotopic (exact) mass is 297 g/mol. The first-order chi connectivity index (χ1) is 8.31. The van der Waals surface area contributed by atoms with E-state index in [1.54, 1.807) is 0 Å². The molecule has 1 aliphatic rings. The minimum atomic E-state index is 0.536. The minimum Gasteiger partial charge on any atom is -0.379 e. The van der Waals surface area contributed by atoms with Crippen molar-refractivity contribution in [2.24, 2.45) is 0 Å². The Balaban J connectivity index is 1.99. The maximum Gasteiger partial charge on any atom is 0.0619 e. The Hall–Kier alpha value is -0.380. The molecule has 0 amide bonds. The number of nitrogens with zero attached hydrogens (tertiary/aromatic N) is 1. The molecule has 1 fully saturated rings. The highest BCUT2D eigenvalue weighted by Gasteiger charge is 2.22. The second-order valence-corrected chi connectivity index (χ2v) is 5.33. The molecule has 1 saturated heterocycles. The second kappa shape index (κ2) is 6.53. The average molecular weight is 298 g/mol. The van der Waals surface area contributed by atoms with Gasteiger partial charge >= 0.3 is 0 Å². The topological polar surface area (TPSA) is 12.5 Å². The van der Waals surface area contributed by atoms with E-state index in [0.717, 1.165) is 31.6 Å². The Morgan fingerprint density at radius 3 is 2.82 bits per heavy atom. The molecular weight excluding hydrogens is 278 g/mol. The van der Waals surface area contributed by atoms with Crippen LogP contribution in [-0.4, -0.2) is 42.6 Å². The van der Waals surface area contributed by atoms with E-state index in [0.29, 0.717) is 12.0 Å². The zero-order chi connectivity index (χ0) is 12.1. The van der Waals surface area contributed by atoms with Crippen molar-refractivity contribution in [2.45, 2.75) is 18.9 Å². The van der Waals surface area contributed by atoms with Gasteiger partial charge in [-0.25, -0.2) is 0 Å². The number of benzene rings is 1. The standard InChI is InChI=1S/C14H20BrNO/c1-12-11-17-8-7-16(12)10-14(9-15)13-5-3-2-4-6-13/h2-6,12,14H,7-11H2,1H3. The molecule has 94 valence electrons. The lowest BCUT2D eigenvalue weighted by Gasteiger charge is -2.35. The van der Waals surface area contributed by atoms with E-state index in [9.17, 15) is 0 Å². The Labute approximate surface area is 112 Å². The van der Waals surface area contributed by atoms with Gasteiger partial charge in [0.2, 0.25) is 0 Å². The molecule has 2 unspecified atom stereocenters. The van der Waals surface area contributed by atoms with Crippen molar-refractivity contribution >= 4 is 15.9 Å². The summed E-state index contributed by atoms with van der Waals surface area (Å²) in [6.45, 7) is 6.14. The van der Waals surface area contributed by atoms with E-state index in [2.05, 4.69) is 58.1 Å². The predicted molar refractivity (Wildman–Crippen MR) is 74.8 cm³/mol. The summed E-state index contributed by atoms with van der Waals surface area (Å²) in [5.41, 5.74) is 1.42. The van der Waals surface area contributed by atoms with Gasteiger partial charge in [0, 0.05) is 30.4 Å². The molecule has 2 nitrogen and oxygen atoms in total. The van der Waals surface area contributed by atoms with Crippen LogP contribution in [0.3, 0.4) is 0 Å². The first-order valence-electron chi connectivity index (χ1n) is 6.24. The van der Waals surface area contributed by atoms with Crippen LogP contribution in [0.5, 0.6) is 0 Å². The lowest BCUT2D eigenvalue weighted by Crippen LogP contribution is -2.45. The Morgan fingerprint density at radius 2 is 2.18 bits per heavy atom. The number of morpholine rings is 1. The summed E-state index contributed by atoms with van der Waals surface area (Å²) in [5, 5.41) is 1.01. The van der Waals surface area contributed by atoms with Gasteiger partial charge in [0.25, 0.3) is 0 Å². The molecule has 0 aliphatic carbocycles. The summed E-state index contributed by atoms with van der Waals surface area (Å²) in [4.78, 5) is 2.53. The summed E-state index contributed by atoms with van der Waals surface area (Å²) in [7, 11) is 0. The third-order valence-electron chi connectivity index (χ3n) is 3.42. The fraction of sp³-hybridized carbons (Fsp3) is 0.571. The zero-order valence-corrected chi connectivity index (χ0v) is 11.9. The molecule has 1 aromatic rings. The van der Waals surface area contributed by atoms with E-state index >= 15 is 0 Å². The first-order valence-corrected chi connectivity index (χ1v) is 7.36. The molecule has 0 saturated carbocycles. The Bertz CT molecular complexity index is 330. The summed E-state index contributed by atoms with van der Waals surface area (Å²) >= 11 is 3.64. The zero-order valence-electron chi connectivity index (χ0n) is 10.3. The van der Waals surface area contributed by atoms with Crippen molar-refractivity contribution in [1.82, 2.24) is 4.90 Å². The SMILES string of the molecule is CC1COCCN1CC(CBr)c1ccccc1. The molecule has 0 spiro atoms. The Morgan fingerprint density at radius 1 is 1.41 bits per heavy atom. The van der Waals surface area contributed by atoms with E-state index < -0.39 is 0 Å². The number of halogens is 1. The van der Waals surface area contributed by atoms with E-state index in [-0.39, 0.29) is 0 Å². The van der Waals surface area contributed by atoms with Gasteiger partial charge in [0.15, 0.2) is 0 Å². The molecule has 0 aromatic heterocycles. The number of ether oxygens (including phenoxy) is 1. The quantitative estimate of drug-likeness (QED) is 0.793. The molecule has 0 bridgehead atoms. The van der Waals surface area contributed by atoms with Crippen LogP contribution in [0, 0.1) is 0 Å². The predicted octanol–water partition coefficient (Wildman–Crippen LogP) is 2.89. The van der Waals surface area contributed by atoms with Crippen LogP contribution in [0.25, 0.3) is 0 Å². The smallest absolute Gasteiger partial charge is 0.0619 e. The maximum absolute atomic E-state index is 5.48. The summed E-state index contributed by atoms with van der Waals surface area (Å²) < 4.78 is 5.48. The fourth-order valence-electron chi connectivity index (χ4n) is 2.28. The van der Waals surface area contributed by atoms with Gasteiger partial charge in [-0.05, 0) is 12.5 Å². The van der Waals surface area contributed by atoms with Crippen molar-refractivity contribution in [2.75, 3.05) is 31.6 Å². The fourth-order valence-corrected chi connectivity index (χ4v) is 2.86. The maximum atomic E-state index is 5.48. The highest BCUT2D eigenvalue weighted by atomic mass is 79.9. The molecule has 0 N–H and O–H groups in total. The van der Waals surface area contributed by atoms with Crippen molar-refractivity contribution in [3.05, 3.63) is 35.9 Å². The molecule has 1 aliphatic heterocycles. The molecule has 0 radical (unpaired) electrons. The van der Waals surface area contributed by atoms with Crippen LogP contribution >= 0.6 is 15.9 Å². The molecule has 2 rings (SSSR count). The summed E-state index contributed by atoms with van der Waals surface area (Å²) in [6.07, 6.45) is 0. The van der Waals surface area contributed by atoms with Gasteiger partial charge in [-0.1, -0.05) is 46.3 Å². The van der Waals surface area contributed by atoms with Gasteiger partial charge in [-0.3, -0.25) is 4.90 Å². The van der Waals surface area contributed by atoms with Crippen LogP contribution in [0.4, 0.5) is 0 Å². The third kappa shape index (κ3) is 3.54. The van der Waals surface area contributed by atoms with Gasteiger partial charge < -0.3 is 4.74 Å². The molecule has 3 heteroatoms. The van der Waals surface area contributed by atoms with Crippen molar-refractivity contribution in [3.8, 4) is 0 Å². The van der Waals surface area contributed by atoms with Gasteiger partial charge in [-0.15, -0.1) is 0 Å². The first kappa shape index (κ1) is 13.1. The summed E-state index contributed by atoms with van der Waals surface area (Å²) in [5.74, 6) is 0.566. The van der Waals surface area contributed by atoms with Crippen molar-refractivity contribution in [1.29, 1.82) is 0 Å². The second-order valence-electron chi connectivity index (χ2n) is 4.68. The van der Waals surface area contributed by atoms with Gasteiger partial charge in [0.05, 0.1) is 13.2 Å². The highest BCUT2D eigenvalue weighted by molar-refractivity contribution is 9.09. The molecule has 1 heterocycles. The number of alkyl halides is 1. The van der Waals surface area contributed by atoms with Gasteiger partial charge in [0.1, 0.15) is 0 Å². The molecular formula is C14H20BrNO. The number of hydrogen-bond donors (Lipinski definition) is 0. The minimum absolute atomic E-state index is 0.536. The van der Waals surface area contributed by atoms with Crippen molar-refractivity contribution in [3.63, 3.8) is 0 Å². The van der Waals surface area contributed by atoms with Crippen molar-refractivity contribution < 1.29 is 4.74 Å². The summed E-state index contributed by atoms with van der Waals surface area (Å²) in [6, 6.07) is 11.3. The number of hydrogen-bond acceptors (Lipinski definition) is 2. The van der Waals surface area contributed by atoms with Crippen LogP contribution in [0.15, 0.2) is 30.3 Å². The number of rotatable bonds is 4. The highest BCUT2D eigenvalue weighted by Crippen LogP contribution is 2.21. The van der Waals surface area contributed by atoms with Crippen LogP contribution in [0.1, 0.15) is 18.4 Å². The molecule has 1 aromatic carbocycles. The lowest BCUT2D eigenvalue weighted by atomic mass is 10.00. The molecule has 2 atom stereocenters. The molecule has 17 heavy (non-hydrogen) atoms. The lowest BCUT2D eigenvalue weighted by molar-refractivity contribution is -0.00212. The van der Waals surface area contributed by atoms with E-state index in [4.69, 9.17) is 4.74 Å². The van der Waals surface area contributed by atoms with Crippen LogP contribution < -0.4 is 0 Å². The average Bonchev–Trinajstić information content (AvgIpc) is 2.39. The van der Waals surface area contributed by atoms with Gasteiger partial charge in [-0.2, -0.15) is 0 Å². The third-order valence-corrected chi connectivity index (χ3v) is 4.20. The van der Waals surface area contributed by atoms with Crippen LogP contribution in [-0.2, 0) is 4.74 Å². The Kier molecular flexibility index (Phi) is 5.01. The van der Waals surface area contributed by atoms with E-state index in [1.807, 2.05) is 0 Å².